The van der Waals surface area contributed by atoms with Crippen LogP contribution >= 0.6 is 22.9 Å². The Labute approximate surface area is 138 Å². The van der Waals surface area contributed by atoms with Crippen molar-refractivity contribution in [3.8, 4) is 17.1 Å². The fourth-order valence-electron chi connectivity index (χ4n) is 2.19. The topological polar surface area (TPSA) is 47.0 Å². The average molecular weight is 334 g/mol. The fourth-order valence-corrected chi connectivity index (χ4v) is 3.26. The Kier molecular flexibility index (Phi) is 4.18. The van der Waals surface area contributed by atoms with Gasteiger partial charge in [0.15, 0.2) is 5.13 Å². The van der Waals surface area contributed by atoms with Gasteiger partial charge >= 0.3 is 0 Å². The molecule has 2 heterocycles. The first kappa shape index (κ1) is 15.1. The fraction of sp³-hybridized carbons (Fsp3) is 0.250. The van der Waals surface area contributed by atoms with Crippen LogP contribution in [-0.2, 0) is 0 Å². The van der Waals surface area contributed by atoms with Crippen molar-refractivity contribution in [3.63, 3.8) is 0 Å². The largest absolute Gasteiger partial charge is 0.496 e. The summed E-state index contributed by atoms with van der Waals surface area (Å²) in [5, 5.41) is 7.66. The summed E-state index contributed by atoms with van der Waals surface area (Å²) < 4.78 is 5.48. The van der Waals surface area contributed by atoms with Gasteiger partial charge in [-0.3, -0.25) is 0 Å². The zero-order valence-corrected chi connectivity index (χ0v) is 14.1. The van der Waals surface area contributed by atoms with E-state index in [-0.39, 0.29) is 0 Å². The van der Waals surface area contributed by atoms with Crippen LogP contribution in [0.4, 0.5) is 5.13 Å². The first-order valence-corrected chi connectivity index (χ1v) is 8.20. The normalized spacial score (nSPS) is 11.1. The predicted molar refractivity (Wildman–Crippen MR) is 93.2 cm³/mol. The molecule has 0 bridgehead atoms. The Morgan fingerprint density at radius 3 is 2.77 bits per heavy atom. The van der Waals surface area contributed by atoms with Crippen LogP contribution in [-0.4, -0.2) is 23.1 Å². The molecule has 0 fully saturated rings. The van der Waals surface area contributed by atoms with Crippen LogP contribution in [0.1, 0.15) is 13.8 Å². The second kappa shape index (κ2) is 6.10. The molecule has 2 aromatic heterocycles. The van der Waals surface area contributed by atoms with Crippen LogP contribution in [0, 0.1) is 0 Å². The lowest BCUT2D eigenvalue weighted by atomic mass is 10.1. The molecule has 0 spiro atoms. The molecule has 0 amide bonds. The summed E-state index contributed by atoms with van der Waals surface area (Å²) in [6, 6.07) is 7.90. The van der Waals surface area contributed by atoms with Gasteiger partial charge in [0.1, 0.15) is 11.4 Å². The molecule has 1 N–H and O–H groups in total. The molecule has 114 valence electrons. The molecular weight excluding hydrogens is 318 g/mol. The molecule has 1 aromatic carbocycles. The summed E-state index contributed by atoms with van der Waals surface area (Å²) >= 11 is 7.83. The molecular formula is C16H16ClN3OS. The second-order valence-corrected chi connectivity index (χ2v) is 6.45. The highest BCUT2D eigenvalue weighted by Crippen LogP contribution is 2.34. The molecule has 0 saturated carbocycles. The standard InChI is InChI=1S/C16H16ClN3OS/c1-9(2)18-16-20-13(8-22-16)12-7-14(21-3)10-5-4-6-11(17)15(10)19-12/h4-9H,1-3H3,(H,18,20). The lowest BCUT2D eigenvalue weighted by Gasteiger charge is -2.08. The molecule has 0 unspecified atom stereocenters. The van der Waals surface area contributed by atoms with Crippen molar-refractivity contribution in [1.29, 1.82) is 0 Å². The van der Waals surface area contributed by atoms with Crippen LogP contribution in [0.2, 0.25) is 5.02 Å². The number of methoxy groups -OCH3 is 1. The van der Waals surface area contributed by atoms with Crippen molar-refractivity contribution in [2.45, 2.75) is 19.9 Å². The number of benzene rings is 1. The van der Waals surface area contributed by atoms with E-state index in [1.807, 2.05) is 29.6 Å². The van der Waals surface area contributed by atoms with E-state index >= 15 is 0 Å². The molecule has 22 heavy (non-hydrogen) atoms. The van der Waals surface area contributed by atoms with Crippen LogP contribution < -0.4 is 10.1 Å². The highest BCUT2D eigenvalue weighted by Gasteiger charge is 2.13. The van der Waals surface area contributed by atoms with Gasteiger partial charge in [-0.1, -0.05) is 17.7 Å². The number of aromatic nitrogens is 2. The van der Waals surface area contributed by atoms with Gasteiger partial charge in [-0.15, -0.1) is 11.3 Å². The van der Waals surface area contributed by atoms with Gasteiger partial charge in [0.05, 0.1) is 23.3 Å². The van der Waals surface area contributed by atoms with Crippen molar-refractivity contribution >= 4 is 39.0 Å². The van der Waals surface area contributed by atoms with Crippen molar-refractivity contribution in [1.82, 2.24) is 9.97 Å². The average Bonchev–Trinajstić information content (AvgIpc) is 2.94. The summed E-state index contributed by atoms with van der Waals surface area (Å²) in [4.78, 5) is 9.23. The number of nitrogens with one attached hydrogen (secondary N) is 1. The second-order valence-electron chi connectivity index (χ2n) is 5.18. The van der Waals surface area contributed by atoms with Gasteiger partial charge in [-0.2, -0.15) is 0 Å². The van der Waals surface area contributed by atoms with E-state index < -0.39 is 0 Å². The number of pyridine rings is 1. The Morgan fingerprint density at radius 2 is 2.05 bits per heavy atom. The highest BCUT2D eigenvalue weighted by molar-refractivity contribution is 7.14. The van der Waals surface area contributed by atoms with Gasteiger partial charge in [-0.05, 0) is 26.0 Å². The van der Waals surface area contributed by atoms with Crippen molar-refractivity contribution in [2.24, 2.45) is 0 Å². The minimum Gasteiger partial charge on any atom is -0.496 e. The third kappa shape index (κ3) is 2.87. The Balaban J connectivity index is 2.11. The number of thiazole rings is 1. The van der Waals surface area contributed by atoms with E-state index in [0.717, 1.165) is 33.2 Å². The Hall–Kier alpha value is -1.85. The first-order valence-electron chi connectivity index (χ1n) is 6.94. The van der Waals surface area contributed by atoms with Crippen LogP contribution in [0.3, 0.4) is 0 Å². The third-order valence-electron chi connectivity index (χ3n) is 3.15. The summed E-state index contributed by atoms with van der Waals surface area (Å²) in [5.74, 6) is 0.744. The Bertz CT molecular complexity index is 816. The van der Waals surface area contributed by atoms with E-state index in [2.05, 4.69) is 29.1 Å². The van der Waals surface area contributed by atoms with Crippen LogP contribution in [0.15, 0.2) is 29.6 Å². The third-order valence-corrected chi connectivity index (χ3v) is 4.23. The number of nitrogens with zero attached hydrogens (tertiary/aromatic N) is 2. The highest BCUT2D eigenvalue weighted by atomic mass is 35.5. The molecule has 0 aliphatic heterocycles. The van der Waals surface area contributed by atoms with E-state index in [1.165, 1.54) is 0 Å². The molecule has 3 aromatic rings. The van der Waals surface area contributed by atoms with E-state index in [0.29, 0.717) is 11.1 Å². The molecule has 4 nitrogen and oxygen atoms in total. The van der Waals surface area contributed by atoms with Gasteiger partial charge in [0, 0.05) is 22.9 Å². The van der Waals surface area contributed by atoms with Crippen molar-refractivity contribution in [2.75, 3.05) is 12.4 Å². The number of hydrogen-bond donors (Lipinski definition) is 1. The van der Waals surface area contributed by atoms with Gasteiger partial charge < -0.3 is 10.1 Å². The maximum atomic E-state index is 6.27. The minimum atomic E-state index is 0.340. The molecule has 0 aliphatic carbocycles. The summed E-state index contributed by atoms with van der Waals surface area (Å²) in [5.41, 5.74) is 2.30. The summed E-state index contributed by atoms with van der Waals surface area (Å²) in [7, 11) is 1.65. The molecule has 0 aliphatic rings. The zero-order valence-electron chi connectivity index (χ0n) is 12.6. The van der Waals surface area contributed by atoms with E-state index in [4.69, 9.17) is 16.3 Å². The van der Waals surface area contributed by atoms with Gasteiger partial charge in [0.25, 0.3) is 0 Å². The van der Waals surface area contributed by atoms with Crippen molar-refractivity contribution < 1.29 is 4.74 Å². The number of anilines is 1. The number of para-hydroxylation sites is 1. The molecule has 0 atom stereocenters. The number of rotatable bonds is 4. The smallest absolute Gasteiger partial charge is 0.183 e. The summed E-state index contributed by atoms with van der Waals surface area (Å²) in [6.45, 7) is 4.16. The molecule has 0 radical (unpaired) electrons. The quantitative estimate of drug-likeness (QED) is 0.742. The maximum absolute atomic E-state index is 6.27. The maximum Gasteiger partial charge on any atom is 0.183 e. The Morgan fingerprint density at radius 1 is 1.23 bits per heavy atom. The van der Waals surface area contributed by atoms with Crippen molar-refractivity contribution in [3.05, 3.63) is 34.7 Å². The number of fused-ring (bicyclic) bond motifs is 1. The predicted octanol–water partition coefficient (Wildman–Crippen LogP) is 4.84. The van der Waals surface area contributed by atoms with Gasteiger partial charge in [0.2, 0.25) is 0 Å². The van der Waals surface area contributed by atoms with Gasteiger partial charge in [-0.25, -0.2) is 9.97 Å². The number of ether oxygens (including phenoxy) is 1. The monoisotopic (exact) mass is 333 g/mol. The lowest BCUT2D eigenvalue weighted by Crippen LogP contribution is -2.09. The molecule has 6 heteroatoms. The summed E-state index contributed by atoms with van der Waals surface area (Å²) in [6.07, 6.45) is 0. The van der Waals surface area contributed by atoms with E-state index in [1.54, 1.807) is 18.4 Å². The zero-order chi connectivity index (χ0) is 15.7. The number of halogens is 1. The van der Waals surface area contributed by atoms with Crippen LogP contribution in [0.25, 0.3) is 22.3 Å². The molecule has 0 saturated heterocycles. The first-order chi connectivity index (χ1) is 10.6. The van der Waals surface area contributed by atoms with Crippen LogP contribution in [0.5, 0.6) is 5.75 Å². The SMILES string of the molecule is COc1cc(-c2csc(NC(C)C)n2)nc2c(Cl)cccc12. The lowest BCUT2D eigenvalue weighted by molar-refractivity contribution is 0.419. The molecule has 3 rings (SSSR count). The van der Waals surface area contributed by atoms with E-state index in [9.17, 15) is 0 Å². The minimum absolute atomic E-state index is 0.340. The number of hydrogen-bond acceptors (Lipinski definition) is 5.